The quantitative estimate of drug-likeness (QED) is 0.643. The molecule has 0 heteroatoms. The fraction of sp³-hybridized carbons (Fsp3) is 0.538. The van der Waals surface area contributed by atoms with Gasteiger partial charge in [-0.3, -0.25) is 0 Å². The lowest BCUT2D eigenvalue weighted by atomic mass is 9.90. The van der Waals surface area contributed by atoms with Gasteiger partial charge in [-0.25, -0.2) is 0 Å². The highest BCUT2D eigenvalue weighted by Gasteiger charge is 2.08. The predicted molar refractivity (Wildman–Crippen MR) is 57.1 cm³/mol. The Kier molecular flexibility index (Phi) is 2.68. The summed E-state index contributed by atoms with van der Waals surface area (Å²) in [5.41, 5.74) is 4.76. The maximum absolute atomic E-state index is 2.43. The molecule has 0 fully saturated rings. The van der Waals surface area contributed by atoms with Gasteiger partial charge in [-0.05, 0) is 48.8 Å². The molecule has 0 N–H and O–H groups in total. The first-order chi connectivity index (χ1) is 6.40. The molecule has 0 saturated carbocycles. The minimum atomic E-state index is 1.24. The smallest absolute Gasteiger partial charge is 0.0276 e. The lowest BCUT2D eigenvalue weighted by molar-refractivity contribution is 0.684. The lowest BCUT2D eigenvalue weighted by Crippen LogP contribution is -2.02. The Morgan fingerprint density at radius 3 is 2.62 bits per heavy atom. The van der Waals surface area contributed by atoms with Gasteiger partial charge in [-0.1, -0.05) is 31.5 Å². The van der Waals surface area contributed by atoms with Crippen LogP contribution in [0.25, 0.3) is 0 Å². The summed E-state index contributed by atoms with van der Waals surface area (Å²) in [4.78, 5) is 0. The molecule has 0 atom stereocenters. The number of benzene rings is 1. The van der Waals surface area contributed by atoms with E-state index in [2.05, 4.69) is 25.1 Å². The normalized spacial score (nSPS) is 15.5. The van der Waals surface area contributed by atoms with Gasteiger partial charge in [-0.15, -0.1) is 0 Å². The fourth-order valence-electron chi connectivity index (χ4n) is 2.23. The van der Waals surface area contributed by atoms with Crippen molar-refractivity contribution in [3.05, 3.63) is 34.9 Å². The number of hydrogen-bond acceptors (Lipinski definition) is 0. The highest BCUT2D eigenvalue weighted by molar-refractivity contribution is 5.33. The second-order valence-electron chi connectivity index (χ2n) is 4.06. The zero-order valence-electron chi connectivity index (χ0n) is 8.47. The highest BCUT2D eigenvalue weighted by atomic mass is 14.1. The number of fused-ring (bicyclic) bond motifs is 1. The molecule has 0 heterocycles. The van der Waals surface area contributed by atoms with Crippen molar-refractivity contribution in [2.24, 2.45) is 0 Å². The van der Waals surface area contributed by atoms with Crippen molar-refractivity contribution in [1.29, 1.82) is 0 Å². The van der Waals surface area contributed by atoms with E-state index in [0.29, 0.717) is 0 Å². The van der Waals surface area contributed by atoms with Crippen LogP contribution in [0.4, 0.5) is 0 Å². The van der Waals surface area contributed by atoms with Crippen LogP contribution in [0, 0.1) is 0 Å². The van der Waals surface area contributed by atoms with E-state index in [-0.39, 0.29) is 0 Å². The molecule has 0 saturated heterocycles. The Bertz CT molecular complexity index is 286. The minimum absolute atomic E-state index is 1.24. The van der Waals surface area contributed by atoms with Gasteiger partial charge in [-0.2, -0.15) is 0 Å². The third kappa shape index (κ3) is 1.93. The Hall–Kier alpha value is -0.780. The maximum atomic E-state index is 2.43. The Morgan fingerprint density at radius 2 is 1.85 bits per heavy atom. The second kappa shape index (κ2) is 3.95. The van der Waals surface area contributed by atoms with Crippen LogP contribution >= 0.6 is 0 Å². The van der Waals surface area contributed by atoms with Crippen molar-refractivity contribution in [2.75, 3.05) is 0 Å². The fourth-order valence-corrected chi connectivity index (χ4v) is 2.23. The average molecular weight is 174 g/mol. The first-order valence-electron chi connectivity index (χ1n) is 5.51. The van der Waals surface area contributed by atoms with Crippen molar-refractivity contribution in [2.45, 2.75) is 45.4 Å². The van der Waals surface area contributed by atoms with Crippen molar-refractivity contribution in [1.82, 2.24) is 0 Å². The van der Waals surface area contributed by atoms with Gasteiger partial charge in [0.15, 0.2) is 0 Å². The zero-order chi connectivity index (χ0) is 9.10. The second-order valence-corrected chi connectivity index (χ2v) is 4.06. The van der Waals surface area contributed by atoms with E-state index >= 15 is 0 Å². The first kappa shape index (κ1) is 8.80. The summed E-state index contributed by atoms with van der Waals surface area (Å²) in [5, 5.41) is 0. The molecule has 1 aromatic rings. The van der Waals surface area contributed by atoms with Gasteiger partial charge in [0.2, 0.25) is 0 Å². The molecular weight excluding hydrogens is 156 g/mol. The van der Waals surface area contributed by atoms with Crippen molar-refractivity contribution in [3.63, 3.8) is 0 Å². The van der Waals surface area contributed by atoms with Crippen LogP contribution < -0.4 is 0 Å². The summed E-state index contributed by atoms with van der Waals surface area (Å²) in [7, 11) is 0. The van der Waals surface area contributed by atoms with Gasteiger partial charge >= 0.3 is 0 Å². The summed E-state index contributed by atoms with van der Waals surface area (Å²) < 4.78 is 0. The van der Waals surface area contributed by atoms with Gasteiger partial charge in [0.05, 0.1) is 0 Å². The molecule has 0 bridgehead atoms. The number of rotatable bonds is 2. The van der Waals surface area contributed by atoms with Crippen LogP contribution in [-0.4, -0.2) is 0 Å². The van der Waals surface area contributed by atoms with E-state index < -0.39 is 0 Å². The third-order valence-electron chi connectivity index (χ3n) is 2.95. The maximum Gasteiger partial charge on any atom is -0.0276 e. The lowest BCUT2D eigenvalue weighted by Gasteiger charge is -2.16. The largest absolute Gasteiger partial charge is 0.0651 e. The van der Waals surface area contributed by atoms with Crippen LogP contribution in [0.1, 0.15) is 42.9 Å². The molecule has 0 aliphatic heterocycles. The number of aryl methyl sites for hydroxylation is 3. The zero-order valence-corrected chi connectivity index (χ0v) is 8.47. The minimum Gasteiger partial charge on any atom is -0.0651 e. The molecule has 0 unspecified atom stereocenters. The van der Waals surface area contributed by atoms with Gasteiger partial charge in [0.25, 0.3) is 0 Å². The van der Waals surface area contributed by atoms with Crippen LogP contribution in [-0.2, 0) is 19.3 Å². The predicted octanol–water partition coefficient (Wildman–Crippen LogP) is 3.52. The molecule has 0 amide bonds. The molecular formula is C13H18. The van der Waals surface area contributed by atoms with E-state index in [1.54, 1.807) is 11.1 Å². The van der Waals surface area contributed by atoms with Gasteiger partial charge in [0, 0.05) is 0 Å². The SMILES string of the molecule is CCCc1ccc2c(c1)CCCC2. The Labute approximate surface area is 81.0 Å². The third-order valence-corrected chi connectivity index (χ3v) is 2.95. The highest BCUT2D eigenvalue weighted by Crippen LogP contribution is 2.22. The standard InChI is InChI=1S/C13H18/c1-2-5-11-8-9-12-6-3-4-7-13(12)10-11/h8-10H,2-7H2,1H3. The van der Waals surface area contributed by atoms with Crippen LogP contribution in [0.5, 0.6) is 0 Å². The van der Waals surface area contributed by atoms with Crippen molar-refractivity contribution >= 4 is 0 Å². The Morgan fingerprint density at radius 1 is 1.08 bits per heavy atom. The van der Waals surface area contributed by atoms with Gasteiger partial charge in [0.1, 0.15) is 0 Å². The molecule has 0 radical (unpaired) electrons. The molecule has 0 nitrogen and oxygen atoms in total. The molecule has 13 heavy (non-hydrogen) atoms. The van der Waals surface area contributed by atoms with E-state index in [0.717, 1.165) is 0 Å². The molecule has 2 rings (SSSR count). The summed E-state index contributed by atoms with van der Waals surface area (Å²) in [6, 6.07) is 7.09. The summed E-state index contributed by atoms with van der Waals surface area (Å²) >= 11 is 0. The van der Waals surface area contributed by atoms with E-state index in [1.807, 2.05) is 0 Å². The van der Waals surface area contributed by atoms with E-state index in [4.69, 9.17) is 0 Å². The number of hydrogen-bond donors (Lipinski definition) is 0. The van der Waals surface area contributed by atoms with E-state index in [9.17, 15) is 0 Å². The molecule has 1 aliphatic rings. The summed E-state index contributed by atoms with van der Waals surface area (Å²) in [6.07, 6.45) is 7.91. The molecule has 70 valence electrons. The summed E-state index contributed by atoms with van der Waals surface area (Å²) in [5.74, 6) is 0. The Balaban J connectivity index is 2.24. The summed E-state index contributed by atoms with van der Waals surface area (Å²) in [6.45, 7) is 2.25. The average Bonchev–Trinajstić information content (AvgIpc) is 2.18. The van der Waals surface area contributed by atoms with Gasteiger partial charge < -0.3 is 0 Å². The first-order valence-corrected chi connectivity index (χ1v) is 5.51. The van der Waals surface area contributed by atoms with Crippen molar-refractivity contribution < 1.29 is 0 Å². The monoisotopic (exact) mass is 174 g/mol. The topological polar surface area (TPSA) is 0 Å². The molecule has 1 aliphatic carbocycles. The van der Waals surface area contributed by atoms with Crippen LogP contribution in [0.15, 0.2) is 18.2 Å². The molecule has 0 aromatic heterocycles. The molecule has 1 aromatic carbocycles. The van der Waals surface area contributed by atoms with E-state index in [1.165, 1.54) is 44.1 Å². The van der Waals surface area contributed by atoms with Crippen molar-refractivity contribution in [3.8, 4) is 0 Å². The molecule has 0 spiro atoms. The van der Waals surface area contributed by atoms with Crippen LogP contribution in [0.3, 0.4) is 0 Å². The van der Waals surface area contributed by atoms with Crippen LogP contribution in [0.2, 0.25) is 0 Å².